The molecule has 6 heteroatoms. The fourth-order valence-corrected chi connectivity index (χ4v) is 16.0. The van der Waals surface area contributed by atoms with Gasteiger partial charge in [-0.3, -0.25) is 0 Å². The van der Waals surface area contributed by atoms with Gasteiger partial charge in [0.1, 0.15) is 23.0 Å². The molecule has 8 aromatic carbocycles. The van der Waals surface area contributed by atoms with E-state index in [2.05, 4.69) is 287 Å². The van der Waals surface area contributed by atoms with Crippen LogP contribution in [0.1, 0.15) is 318 Å². The van der Waals surface area contributed by atoms with Crippen LogP contribution in [-0.2, 0) is 51.4 Å². The molecule has 0 unspecified atom stereocenters. The fourth-order valence-electron chi connectivity index (χ4n) is 14.0. The summed E-state index contributed by atoms with van der Waals surface area (Å²) in [6.07, 6.45) is 25.2. The quantitative estimate of drug-likeness (QED) is 0.0303. The monoisotopic (exact) mass is 1590 g/mol. The maximum Gasteiger partial charge on any atom is 0.119 e. The summed E-state index contributed by atoms with van der Waals surface area (Å²) >= 11 is 3.34. The van der Waals surface area contributed by atoms with Gasteiger partial charge in [0.2, 0.25) is 0 Å². The summed E-state index contributed by atoms with van der Waals surface area (Å²) in [5, 5.41) is 0. The zero-order valence-electron chi connectivity index (χ0n) is 72.3. The average molecular weight is 1590 g/mol. The zero-order chi connectivity index (χ0) is 83.1. The van der Waals surface area contributed by atoms with Crippen LogP contribution >= 0.6 is 22.7 Å². The molecule has 2 aromatic heterocycles. The molecule has 0 aliphatic carbocycles. The van der Waals surface area contributed by atoms with Gasteiger partial charge in [0.15, 0.2) is 0 Å². The molecule has 4 nitrogen and oxygen atoms in total. The van der Waals surface area contributed by atoms with Crippen molar-refractivity contribution >= 4 is 22.7 Å². The molecule has 0 amide bonds. The Bertz CT molecular complexity index is 5180. The zero-order valence-corrected chi connectivity index (χ0v) is 73.9. The number of rotatable bonds is 33. The van der Waals surface area contributed by atoms with Gasteiger partial charge in [-0.15, -0.1) is 22.7 Å². The largest absolute Gasteiger partial charge is 0.494 e. The molecule has 0 bridgehead atoms. The minimum Gasteiger partial charge on any atom is -0.494 e. The van der Waals surface area contributed by atoms with E-state index in [0.717, 1.165) is 268 Å². The summed E-state index contributed by atoms with van der Waals surface area (Å²) < 4.78 is 24.3. The summed E-state index contributed by atoms with van der Waals surface area (Å²) in [6.45, 7) is 29.4. The number of thiophene rings is 2. The van der Waals surface area contributed by atoms with Crippen LogP contribution in [-0.4, -0.2) is 26.4 Å². The number of hydrogen-bond donors (Lipinski definition) is 0. The molecule has 0 aliphatic heterocycles. The summed E-state index contributed by atoms with van der Waals surface area (Å²) in [4.78, 5) is 3.81. The van der Waals surface area contributed by atoms with Crippen LogP contribution in [0, 0.1) is 94.7 Å². The van der Waals surface area contributed by atoms with Crippen LogP contribution < -0.4 is 18.9 Å². The highest BCUT2D eigenvalue weighted by molar-refractivity contribution is 7.23. The molecule has 10 rings (SSSR count). The van der Waals surface area contributed by atoms with E-state index in [4.69, 9.17) is 18.9 Å². The summed E-state index contributed by atoms with van der Waals surface area (Å²) in [7, 11) is 0. The van der Waals surface area contributed by atoms with Crippen molar-refractivity contribution in [2.75, 3.05) is 26.4 Å². The van der Waals surface area contributed by atoms with Crippen molar-refractivity contribution in [3.05, 3.63) is 290 Å². The first-order chi connectivity index (χ1) is 57.9. The molecule has 602 valence electrons. The molecule has 0 spiro atoms. The van der Waals surface area contributed by atoms with E-state index in [9.17, 15) is 0 Å². The normalized spacial score (nSPS) is 10.4. The van der Waals surface area contributed by atoms with Crippen LogP contribution in [0.4, 0.5) is 0 Å². The summed E-state index contributed by atoms with van der Waals surface area (Å²) in [5.41, 5.74) is 22.9. The molecule has 0 atom stereocenters. The third kappa shape index (κ3) is 26.9. The predicted octanol–water partition coefficient (Wildman–Crippen LogP) is 27.0. The Morgan fingerprint density at radius 1 is 0.195 bits per heavy atom. The molecule has 2 heterocycles. The van der Waals surface area contributed by atoms with Gasteiger partial charge >= 0.3 is 0 Å². The van der Waals surface area contributed by atoms with Gasteiger partial charge in [0.05, 0.1) is 45.9 Å². The first-order valence-electron chi connectivity index (χ1n) is 43.9. The predicted molar refractivity (Wildman–Crippen MR) is 501 cm³/mol. The van der Waals surface area contributed by atoms with Crippen molar-refractivity contribution in [3.63, 3.8) is 0 Å². The van der Waals surface area contributed by atoms with Gasteiger partial charge in [-0.25, -0.2) is 0 Å². The third-order valence-corrected chi connectivity index (χ3v) is 23.5. The highest BCUT2D eigenvalue weighted by atomic mass is 32.1. The van der Waals surface area contributed by atoms with Gasteiger partial charge in [-0.1, -0.05) is 255 Å². The van der Waals surface area contributed by atoms with E-state index in [0.29, 0.717) is 0 Å². The van der Waals surface area contributed by atoms with Gasteiger partial charge in [0, 0.05) is 77.9 Å². The lowest BCUT2D eigenvalue weighted by Gasteiger charge is -2.08. The minimum absolute atomic E-state index is 0.726. The van der Waals surface area contributed by atoms with E-state index >= 15 is 0 Å². The van der Waals surface area contributed by atoms with Gasteiger partial charge in [-0.05, 0) is 279 Å². The second-order valence-electron chi connectivity index (χ2n) is 29.9. The Balaban J connectivity index is 1.07. The molecule has 0 radical (unpaired) electrons. The van der Waals surface area contributed by atoms with Gasteiger partial charge < -0.3 is 18.9 Å². The lowest BCUT2D eigenvalue weighted by molar-refractivity contribution is 0.305. The van der Waals surface area contributed by atoms with Crippen molar-refractivity contribution in [3.8, 4) is 127 Å². The molecular formula is C112H118O4S2. The minimum atomic E-state index is 0.726. The van der Waals surface area contributed by atoms with Crippen LogP contribution in [0.3, 0.4) is 0 Å². The first-order valence-corrected chi connectivity index (χ1v) is 45.5. The Hall–Kier alpha value is -11.2. The average Bonchev–Trinajstić information content (AvgIpc) is 1.65. The fraction of sp³-hybridized carbons (Fsp3) is 0.357. The van der Waals surface area contributed by atoms with E-state index in [1.54, 1.807) is 22.7 Å². The van der Waals surface area contributed by atoms with Gasteiger partial charge in [0.25, 0.3) is 0 Å². The first kappa shape index (κ1) is 89.2. The second kappa shape index (κ2) is 48.5. The lowest BCUT2D eigenvalue weighted by atomic mass is 9.95. The smallest absolute Gasteiger partial charge is 0.119 e. The number of benzene rings is 8. The van der Waals surface area contributed by atoms with Crippen molar-refractivity contribution in [2.24, 2.45) is 0 Å². The third-order valence-electron chi connectivity index (χ3n) is 21.2. The standard InChI is InChI=1S/C112H118O4S2/c1-13-25-29-33-69-113-105-59-41-83(42-60-105)37-49-95-73-91(21-9)99(77-87(95)17-5)53-55-103-81-109(67-57-101-79-89(19-7)97(75-93(101)23-11)51-39-85-45-63-107(64-46-85)115-71-35-31-27-15-3)117-111(103)112-104(56-54-100-78-88(18-6)96(74-92(100)22-10)50-38-84-43-61-106(62-44-84)114-70-34-30-26-14-2)82-110(118-112)68-58-102-80-90(20-8)98(76-94(102)24-12)52-40-86-47-65-108(66-48-86)116-72-36-32-28-16-4/h41-48,59-66,73-82H,13-36,69-72H2,1-12H3. The Labute approximate surface area is 717 Å². The number of hydrogen-bond acceptors (Lipinski definition) is 6. The van der Waals surface area contributed by atoms with Crippen molar-refractivity contribution in [2.45, 2.75) is 237 Å². The molecule has 0 saturated heterocycles. The second-order valence-corrected chi connectivity index (χ2v) is 32.0. The maximum absolute atomic E-state index is 6.08. The molecule has 118 heavy (non-hydrogen) atoms. The van der Waals surface area contributed by atoms with E-state index < -0.39 is 0 Å². The molecular weight excluding hydrogens is 1470 g/mol. The van der Waals surface area contributed by atoms with E-state index in [1.807, 2.05) is 48.5 Å². The Morgan fingerprint density at radius 2 is 0.381 bits per heavy atom. The van der Waals surface area contributed by atoms with Crippen LogP contribution in [0.5, 0.6) is 23.0 Å². The van der Waals surface area contributed by atoms with E-state index in [-0.39, 0.29) is 0 Å². The van der Waals surface area contributed by atoms with Crippen molar-refractivity contribution in [1.82, 2.24) is 0 Å². The van der Waals surface area contributed by atoms with E-state index in [1.165, 1.54) is 77.0 Å². The SMILES string of the molecule is CCCCCCOc1ccc(C#Cc2cc(CC)c(C#Cc3cc(C#Cc4cc(CC)c(C#Cc5ccc(OCCCCCC)cc5)cc4CC)c(-c4sc(C#Cc5cc(CC)c(C#Cc6ccc(OCCCCCC)cc6)cc5CC)cc4C#Cc4cc(CC)c(C#Cc5ccc(OCCCCCC)cc5)cc4CC)s3)cc2CC)cc1. The van der Waals surface area contributed by atoms with Crippen LogP contribution in [0.25, 0.3) is 9.75 Å². The molecule has 0 aliphatic rings. The summed E-state index contributed by atoms with van der Waals surface area (Å²) in [6, 6.07) is 55.2. The number of unbranched alkanes of at least 4 members (excludes halogenated alkanes) is 12. The lowest BCUT2D eigenvalue weighted by Crippen LogP contribution is -1.97. The topological polar surface area (TPSA) is 36.9 Å². The Morgan fingerprint density at radius 3 is 0.576 bits per heavy atom. The molecule has 0 N–H and O–H groups in total. The molecule has 10 aromatic rings. The number of aryl methyl sites for hydroxylation is 8. The molecule has 0 saturated carbocycles. The maximum atomic E-state index is 6.08. The van der Waals surface area contributed by atoms with Crippen LogP contribution in [0.2, 0.25) is 0 Å². The summed E-state index contributed by atoms with van der Waals surface area (Å²) in [5.74, 6) is 61.6. The number of ether oxygens (including phenoxy) is 4. The van der Waals surface area contributed by atoms with Crippen molar-refractivity contribution < 1.29 is 18.9 Å². The van der Waals surface area contributed by atoms with Gasteiger partial charge in [-0.2, -0.15) is 0 Å². The molecule has 0 fully saturated rings. The Kier molecular flexibility index (Phi) is 36.7. The highest BCUT2D eigenvalue weighted by Crippen LogP contribution is 2.40. The van der Waals surface area contributed by atoms with Crippen LogP contribution in [0.15, 0.2) is 158 Å². The van der Waals surface area contributed by atoms with Crippen molar-refractivity contribution in [1.29, 1.82) is 0 Å². The highest BCUT2D eigenvalue weighted by Gasteiger charge is 2.19.